The van der Waals surface area contributed by atoms with Gasteiger partial charge in [0.2, 0.25) is 0 Å². The molecule has 1 amide bonds. The molecule has 0 saturated heterocycles. The third kappa shape index (κ3) is 5.48. The number of allylic oxidation sites excluding steroid dienone is 2. The van der Waals surface area contributed by atoms with E-state index in [0.29, 0.717) is 23.6 Å². The van der Waals surface area contributed by atoms with E-state index >= 15 is 0 Å². The molecule has 0 bridgehead atoms. The zero-order valence-electron chi connectivity index (χ0n) is 19.8. The largest absolute Gasteiger partial charge is 0.385 e. The highest BCUT2D eigenvalue weighted by Crippen LogP contribution is 2.27. The maximum Gasteiger partial charge on any atom is 0.271 e. The van der Waals surface area contributed by atoms with Gasteiger partial charge in [0, 0.05) is 37.0 Å². The molecule has 9 heteroatoms. The molecule has 2 atom stereocenters. The summed E-state index contributed by atoms with van der Waals surface area (Å²) >= 11 is 0. The number of benzene rings is 1. The van der Waals surface area contributed by atoms with Crippen LogP contribution in [0.3, 0.4) is 0 Å². The number of halogens is 1. The Morgan fingerprint density at radius 3 is 2.74 bits per heavy atom. The second kappa shape index (κ2) is 11.2. The van der Waals surface area contributed by atoms with Crippen LogP contribution in [-0.4, -0.2) is 46.0 Å². The number of alkyl halides is 1. The molecule has 3 aromatic rings. The number of amides is 1. The Morgan fingerprint density at radius 1 is 1.32 bits per heavy atom. The van der Waals surface area contributed by atoms with Crippen LogP contribution in [0.5, 0.6) is 0 Å². The maximum absolute atomic E-state index is 13.2. The second-order valence-electron chi connectivity index (χ2n) is 7.30. The molecule has 2 unspecified atom stereocenters. The van der Waals surface area contributed by atoms with E-state index in [4.69, 9.17) is 0 Å². The van der Waals surface area contributed by atoms with Gasteiger partial charge < -0.3 is 16.0 Å². The molecule has 0 aliphatic heterocycles. The summed E-state index contributed by atoms with van der Waals surface area (Å²) < 4.78 is 14.7. The highest BCUT2D eigenvalue weighted by Gasteiger charge is 2.39. The van der Waals surface area contributed by atoms with Gasteiger partial charge in [-0.05, 0) is 19.1 Å². The standard InChI is InChI=1S/C23H24FN7O.C2H6/c1-4-9-26-17(5-2)14-7-6-8-15(10-14)28-21-12-19(25-3)22-27-13-20(31(22)30-21)23(32)29-18-11-16(18)24;1-2/h4-10,12-13,16,18,25H,1,11H2,2-3H3,(H,28,30)(H,29,32);1-2H3/b17-5-,26-9?;. The van der Waals surface area contributed by atoms with Crippen LogP contribution >= 0.6 is 0 Å². The van der Waals surface area contributed by atoms with E-state index in [2.05, 4.69) is 37.6 Å². The number of anilines is 3. The lowest BCUT2D eigenvalue weighted by molar-refractivity contribution is 0.0940. The summed E-state index contributed by atoms with van der Waals surface area (Å²) in [7, 11) is 1.77. The van der Waals surface area contributed by atoms with E-state index in [1.54, 1.807) is 19.3 Å². The van der Waals surface area contributed by atoms with Gasteiger partial charge >= 0.3 is 0 Å². The van der Waals surface area contributed by atoms with Gasteiger partial charge in [0.25, 0.3) is 5.91 Å². The van der Waals surface area contributed by atoms with Gasteiger partial charge in [-0.3, -0.25) is 9.79 Å². The fourth-order valence-electron chi connectivity index (χ4n) is 3.28. The number of fused-ring (bicyclic) bond motifs is 1. The summed E-state index contributed by atoms with van der Waals surface area (Å²) in [4.78, 5) is 21.3. The van der Waals surface area contributed by atoms with E-state index in [1.165, 1.54) is 10.7 Å². The van der Waals surface area contributed by atoms with Crippen molar-refractivity contribution >= 4 is 40.7 Å². The Labute approximate surface area is 198 Å². The smallest absolute Gasteiger partial charge is 0.271 e. The van der Waals surface area contributed by atoms with Crippen molar-refractivity contribution in [3.05, 3.63) is 66.5 Å². The molecule has 2 aromatic heterocycles. The van der Waals surface area contributed by atoms with Crippen LogP contribution in [0.4, 0.5) is 21.6 Å². The number of hydrogen-bond donors (Lipinski definition) is 3. The third-order valence-electron chi connectivity index (χ3n) is 5.02. The number of imidazole rings is 1. The molecular weight excluding hydrogens is 433 g/mol. The quantitative estimate of drug-likeness (QED) is 0.409. The summed E-state index contributed by atoms with van der Waals surface area (Å²) in [6.07, 6.45) is 5.98. The average Bonchev–Trinajstić information content (AvgIpc) is 3.37. The van der Waals surface area contributed by atoms with Crippen LogP contribution in [0.25, 0.3) is 11.3 Å². The monoisotopic (exact) mass is 463 g/mol. The normalized spacial score (nSPS) is 17.1. The predicted molar refractivity (Wildman–Crippen MR) is 137 cm³/mol. The van der Waals surface area contributed by atoms with E-state index in [9.17, 15) is 9.18 Å². The van der Waals surface area contributed by atoms with Crippen molar-refractivity contribution in [2.45, 2.75) is 39.4 Å². The summed E-state index contributed by atoms with van der Waals surface area (Å²) in [5, 5.41) is 13.6. The van der Waals surface area contributed by atoms with E-state index in [1.807, 2.05) is 57.2 Å². The molecule has 4 rings (SSSR count). The number of nitrogens with one attached hydrogen (secondary N) is 3. The lowest BCUT2D eigenvalue weighted by atomic mass is 10.1. The van der Waals surface area contributed by atoms with Crippen LogP contribution in [0.2, 0.25) is 0 Å². The number of carbonyl (C=O) groups excluding carboxylic acids is 1. The van der Waals surface area contributed by atoms with Crippen LogP contribution in [0.15, 0.2) is 60.3 Å². The molecule has 0 radical (unpaired) electrons. The minimum atomic E-state index is -0.985. The molecule has 2 heterocycles. The molecule has 3 N–H and O–H groups in total. The molecular formula is C25H30FN7O. The Morgan fingerprint density at radius 2 is 2.09 bits per heavy atom. The number of hydrogen-bond acceptors (Lipinski definition) is 6. The first-order valence-corrected chi connectivity index (χ1v) is 11.2. The van der Waals surface area contributed by atoms with Crippen molar-refractivity contribution in [1.29, 1.82) is 0 Å². The summed E-state index contributed by atoms with van der Waals surface area (Å²) in [5.74, 6) is 0.103. The molecule has 178 valence electrons. The topological polar surface area (TPSA) is 95.7 Å². The van der Waals surface area contributed by atoms with E-state index < -0.39 is 18.1 Å². The first kappa shape index (κ1) is 24.6. The maximum atomic E-state index is 13.2. The number of aromatic nitrogens is 3. The van der Waals surface area contributed by atoms with Crippen LogP contribution < -0.4 is 16.0 Å². The summed E-state index contributed by atoms with van der Waals surface area (Å²) in [6.45, 7) is 9.58. The first-order chi connectivity index (χ1) is 16.5. The number of rotatable bonds is 8. The van der Waals surface area contributed by atoms with Gasteiger partial charge in [0.1, 0.15) is 6.17 Å². The third-order valence-corrected chi connectivity index (χ3v) is 5.02. The van der Waals surface area contributed by atoms with E-state index in [0.717, 1.165) is 16.9 Å². The van der Waals surface area contributed by atoms with Crippen molar-refractivity contribution in [1.82, 2.24) is 19.9 Å². The molecule has 1 aliphatic carbocycles. The molecule has 34 heavy (non-hydrogen) atoms. The number of carbonyl (C=O) groups is 1. The van der Waals surface area contributed by atoms with Crippen molar-refractivity contribution in [2.75, 3.05) is 17.7 Å². The Balaban J connectivity index is 0.00000158. The van der Waals surface area contributed by atoms with Gasteiger partial charge in [-0.1, -0.05) is 44.7 Å². The Kier molecular flexibility index (Phi) is 8.13. The minimum absolute atomic E-state index is 0.239. The van der Waals surface area contributed by atoms with Crippen molar-refractivity contribution in [3.63, 3.8) is 0 Å². The number of aliphatic imine (C=N–C) groups is 1. The SMILES string of the molecule is C=CC=N/C(=C\C)c1cccc(Nc2cc(NC)c3ncc(C(=O)NC4CC4F)n3n2)c1.CC. The van der Waals surface area contributed by atoms with Gasteiger partial charge in [0.05, 0.1) is 23.6 Å². The fraction of sp³-hybridized carbons (Fsp3) is 0.280. The highest BCUT2D eigenvalue weighted by atomic mass is 19.1. The fourth-order valence-corrected chi connectivity index (χ4v) is 3.28. The molecule has 0 spiro atoms. The number of nitrogens with zero attached hydrogens (tertiary/aromatic N) is 4. The summed E-state index contributed by atoms with van der Waals surface area (Å²) in [5.41, 5.74) is 3.97. The molecule has 8 nitrogen and oxygen atoms in total. The zero-order chi connectivity index (χ0) is 24.7. The van der Waals surface area contributed by atoms with Crippen molar-refractivity contribution in [3.8, 4) is 0 Å². The van der Waals surface area contributed by atoms with Crippen LogP contribution in [0, 0.1) is 0 Å². The van der Waals surface area contributed by atoms with Crippen LogP contribution in [0.1, 0.15) is 43.2 Å². The zero-order valence-corrected chi connectivity index (χ0v) is 19.8. The molecule has 1 aromatic carbocycles. The molecule has 1 aliphatic rings. The molecule has 1 saturated carbocycles. The van der Waals surface area contributed by atoms with Gasteiger partial charge in [-0.25, -0.2) is 13.9 Å². The van der Waals surface area contributed by atoms with Gasteiger partial charge in [0.15, 0.2) is 17.2 Å². The average molecular weight is 464 g/mol. The van der Waals surface area contributed by atoms with Crippen LogP contribution in [-0.2, 0) is 0 Å². The lowest BCUT2D eigenvalue weighted by Gasteiger charge is -2.11. The first-order valence-electron chi connectivity index (χ1n) is 11.2. The van der Waals surface area contributed by atoms with Gasteiger partial charge in [-0.15, -0.1) is 5.10 Å². The lowest BCUT2D eigenvalue weighted by Crippen LogP contribution is -2.28. The highest BCUT2D eigenvalue weighted by molar-refractivity contribution is 5.94. The van der Waals surface area contributed by atoms with Crippen molar-refractivity contribution in [2.24, 2.45) is 4.99 Å². The minimum Gasteiger partial charge on any atom is -0.385 e. The predicted octanol–water partition coefficient (Wildman–Crippen LogP) is 5.00. The summed E-state index contributed by atoms with van der Waals surface area (Å²) in [6, 6.07) is 9.12. The second-order valence-corrected chi connectivity index (χ2v) is 7.30. The molecule has 1 fully saturated rings. The van der Waals surface area contributed by atoms with Crippen molar-refractivity contribution < 1.29 is 9.18 Å². The van der Waals surface area contributed by atoms with E-state index in [-0.39, 0.29) is 5.69 Å². The Bertz CT molecular complexity index is 1230. The van der Waals surface area contributed by atoms with Gasteiger partial charge in [-0.2, -0.15) is 0 Å². The Hall–Kier alpha value is -4.01.